The third kappa shape index (κ3) is 2.03. The second-order valence-electron chi connectivity index (χ2n) is 2.84. The second-order valence-corrected chi connectivity index (χ2v) is 2.84. The van der Waals surface area contributed by atoms with E-state index in [0.29, 0.717) is 30.4 Å². The van der Waals surface area contributed by atoms with Gasteiger partial charge in [-0.1, -0.05) is 0 Å². The predicted molar refractivity (Wildman–Crippen MR) is 50.0 cm³/mol. The van der Waals surface area contributed by atoms with Crippen molar-refractivity contribution in [2.45, 2.75) is 6.92 Å². The molecule has 0 bridgehead atoms. The molecule has 1 rings (SSSR count). The molecule has 0 aromatic carbocycles. The number of nitriles is 1. The van der Waals surface area contributed by atoms with Crippen LogP contribution in [0.4, 0.5) is 0 Å². The van der Waals surface area contributed by atoms with Gasteiger partial charge in [0.2, 0.25) is 5.88 Å². The third-order valence-corrected chi connectivity index (χ3v) is 1.81. The van der Waals surface area contributed by atoms with Crippen molar-refractivity contribution in [2.75, 3.05) is 20.3 Å². The lowest BCUT2D eigenvalue weighted by atomic mass is 10.3. The topological polar surface area (TPSA) is 60.1 Å². The van der Waals surface area contributed by atoms with Gasteiger partial charge in [0.25, 0.3) is 0 Å². The van der Waals surface area contributed by atoms with Crippen molar-refractivity contribution in [3.63, 3.8) is 0 Å². The number of aryl methyl sites for hydroxylation is 2. The van der Waals surface area contributed by atoms with Crippen LogP contribution in [0.25, 0.3) is 0 Å². The molecule has 0 aliphatic rings. The molecule has 1 heterocycles. The summed E-state index contributed by atoms with van der Waals surface area (Å²) >= 11 is 0. The predicted octanol–water partition coefficient (Wildman–Crippen LogP) is 0.625. The average molecular weight is 195 g/mol. The Labute approximate surface area is 82.8 Å². The van der Waals surface area contributed by atoms with E-state index in [0.717, 1.165) is 0 Å². The molecule has 0 N–H and O–H groups in total. The molecule has 0 atom stereocenters. The van der Waals surface area contributed by atoms with Crippen LogP contribution >= 0.6 is 0 Å². The van der Waals surface area contributed by atoms with E-state index in [-0.39, 0.29) is 0 Å². The van der Waals surface area contributed by atoms with E-state index in [1.807, 2.05) is 0 Å². The zero-order valence-corrected chi connectivity index (χ0v) is 8.57. The molecule has 0 amide bonds. The maximum Gasteiger partial charge on any atom is 0.230 e. The highest BCUT2D eigenvalue weighted by molar-refractivity contribution is 5.41. The molecule has 5 heteroatoms. The number of nitrogens with zero attached hydrogens (tertiary/aromatic N) is 3. The lowest BCUT2D eigenvalue weighted by Crippen LogP contribution is -2.08. The minimum atomic E-state index is 0.421. The Hall–Kier alpha value is -1.54. The summed E-state index contributed by atoms with van der Waals surface area (Å²) in [5.74, 6) is 0.502. The first-order chi connectivity index (χ1) is 6.70. The third-order valence-electron chi connectivity index (χ3n) is 1.81. The van der Waals surface area contributed by atoms with E-state index < -0.39 is 0 Å². The molecule has 0 aliphatic heterocycles. The van der Waals surface area contributed by atoms with Crippen LogP contribution in [0.5, 0.6) is 5.88 Å². The summed E-state index contributed by atoms with van der Waals surface area (Å²) in [7, 11) is 3.35. The molecule has 0 spiro atoms. The summed E-state index contributed by atoms with van der Waals surface area (Å²) in [4.78, 5) is 0. The Balaban J connectivity index is 2.80. The summed E-state index contributed by atoms with van der Waals surface area (Å²) in [5, 5.41) is 12.9. The average Bonchev–Trinajstić information content (AvgIpc) is 2.42. The fourth-order valence-electron chi connectivity index (χ4n) is 1.15. The van der Waals surface area contributed by atoms with Gasteiger partial charge in [0.05, 0.1) is 12.3 Å². The number of ether oxygens (including phenoxy) is 2. The van der Waals surface area contributed by atoms with Gasteiger partial charge in [-0.3, -0.25) is 0 Å². The molecule has 1 aromatic rings. The van der Waals surface area contributed by atoms with Gasteiger partial charge in [-0.15, -0.1) is 0 Å². The van der Waals surface area contributed by atoms with Gasteiger partial charge >= 0.3 is 0 Å². The fourth-order valence-corrected chi connectivity index (χ4v) is 1.15. The summed E-state index contributed by atoms with van der Waals surface area (Å²) < 4.78 is 11.8. The van der Waals surface area contributed by atoms with Crippen LogP contribution in [0.3, 0.4) is 0 Å². The number of hydrogen-bond acceptors (Lipinski definition) is 4. The van der Waals surface area contributed by atoms with Crippen LogP contribution in [0.15, 0.2) is 0 Å². The molecule has 14 heavy (non-hydrogen) atoms. The van der Waals surface area contributed by atoms with Crippen molar-refractivity contribution in [1.29, 1.82) is 5.26 Å². The molecule has 0 aliphatic carbocycles. The van der Waals surface area contributed by atoms with E-state index in [1.54, 1.807) is 25.8 Å². The van der Waals surface area contributed by atoms with Crippen LogP contribution in [-0.2, 0) is 11.8 Å². The van der Waals surface area contributed by atoms with E-state index in [1.165, 1.54) is 0 Å². The van der Waals surface area contributed by atoms with Crippen LogP contribution in [0.2, 0.25) is 0 Å². The van der Waals surface area contributed by atoms with Gasteiger partial charge in [0, 0.05) is 14.2 Å². The summed E-state index contributed by atoms with van der Waals surface area (Å²) in [5.41, 5.74) is 1.17. The first kappa shape index (κ1) is 10.5. The summed E-state index contributed by atoms with van der Waals surface area (Å²) in [6.07, 6.45) is 0. The lowest BCUT2D eigenvalue weighted by molar-refractivity contribution is 0.141. The molecule has 0 unspecified atom stereocenters. The monoisotopic (exact) mass is 195 g/mol. The molecular weight excluding hydrogens is 182 g/mol. The molecule has 1 aromatic heterocycles. The van der Waals surface area contributed by atoms with Crippen molar-refractivity contribution in [3.05, 3.63) is 11.3 Å². The van der Waals surface area contributed by atoms with E-state index in [9.17, 15) is 0 Å². The zero-order chi connectivity index (χ0) is 10.6. The Morgan fingerprint density at radius 3 is 2.79 bits per heavy atom. The fraction of sp³-hybridized carbons (Fsp3) is 0.556. The van der Waals surface area contributed by atoms with Gasteiger partial charge < -0.3 is 9.47 Å². The molecule has 0 saturated carbocycles. The van der Waals surface area contributed by atoms with E-state index in [4.69, 9.17) is 14.7 Å². The van der Waals surface area contributed by atoms with Gasteiger partial charge in [0.15, 0.2) is 0 Å². The highest BCUT2D eigenvalue weighted by atomic mass is 16.5. The molecule has 0 fully saturated rings. The van der Waals surface area contributed by atoms with Crippen LogP contribution in [0.1, 0.15) is 11.3 Å². The Bertz CT molecular complexity index is 352. The summed E-state index contributed by atoms with van der Waals surface area (Å²) in [6, 6.07) is 2.06. The quantitative estimate of drug-likeness (QED) is 0.661. The van der Waals surface area contributed by atoms with E-state index in [2.05, 4.69) is 11.2 Å². The number of methoxy groups -OCH3 is 1. The van der Waals surface area contributed by atoms with Crippen LogP contribution in [0, 0.1) is 18.3 Å². The number of rotatable bonds is 4. The maximum atomic E-state index is 8.85. The molecule has 5 nitrogen and oxygen atoms in total. The van der Waals surface area contributed by atoms with Crippen molar-refractivity contribution in [2.24, 2.45) is 7.05 Å². The Morgan fingerprint density at radius 1 is 1.50 bits per heavy atom. The van der Waals surface area contributed by atoms with Gasteiger partial charge in [-0.2, -0.15) is 10.4 Å². The zero-order valence-electron chi connectivity index (χ0n) is 8.57. The van der Waals surface area contributed by atoms with Gasteiger partial charge in [0.1, 0.15) is 18.2 Å². The van der Waals surface area contributed by atoms with Crippen LogP contribution in [-0.4, -0.2) is 30.1 Å². The normalized spacial score (nSPS) is 9.86. The maximum absolute atomic E-state index is 8.85. The van der Waals surface area contributed by atoms with E-state index >= 15 is 0 Å². The molecule has 76 valence electrons. The highest BCUT2D eigenvalue weighted by Crippen LogP contribution is 2.19. The number of aromatic nitrogens is 2. The van der Waals surface area contributed by atoms with Crippen molar-refractivity contribution in [3.8, 4) is 11.9 Å². The standard InChI is InChI=1S/C9H13N3O2/c1-7-8(6-10)9(12(2)11-7)14-5-4-13-3/h4-5H2,1-3H3. The molecule has 0 saturated heterocycles. The minimum Gasteiger partial charge on any atom is -0.474 e. The van der Waals surface area contributed by atoms with Gasteiger partial charge in [-0.25, -0.2) is 4.68 Å². The van der Waals surface area contributed by atoms with Gasteiger partial charge in [-0.05, 0) is 6.92 Å². The molecular formula is C9H13N3O2. The Kier molecular flexibility index (Phi) is 3.48. The summed E-state index contributed by atoms with van der Waals surface area (Å²) in [6.45, 7) is 2.70. The lowest BCUT2D eigenvalue weighted by Gasteiger charge is -2.05. The smallest absolute Gasteiger partial charge is 0.230 e. The van der Waals surface area contributed by atoms with Crippen molar-refractivity contribution < 1.29 is 9.47 Å². The van der Waals surface area contributed by atoms with Crippen molar-refractivity contribution >= 4 is 0 Å². The van der Waals surface area contributed by atoms with Crippen LogP contribution < -0.4 is 4.74 Å². The Morgan fingerprint density at radius 2 is 2.21 bits per heavy atom. The number of hydrogen-bond donors (Lipinski definition) is 0. The first-order valence-electron chi connectivity index (χ1n) is 4.26. The second kappa shape index (κ2) is 4.63. The minimum absolute atomic E-state index is 0.421. The largest absolute Gasteiger partial charge is 0.474 e. The highest BCUT2D eigenvalue weighted by Gasteiger charge is 2.13. The van der Waals surface area contributed by atoms with Crippen molar-refractivity contribution in [1.82, 2.24) is 9.78 Å². The SMILES string of the molecule is COCCOc1c(C#N)c(C)nn1C. The first-order valence-corrected chi connectivity index (χ1v) is 4.26. The molecule has 0 radical (unpaired) electrons.